The molecule has 18 heavy (non-hydrogen) atoms. The SMILES string of the molecule is N#Cc1ncc(Br)cc1-n1cnc(C#N)c1C#N. The summed E-state index contributed by atoms with van der Waals surface area (Å²) in [7, 11) is 0. The van der Waals surface area contributed by atoms with Gasteiger partial charge in [0.15, 0.2) is 17.1 Å². The van der Waals surface area contributed by atoms with E-state index in [1.54, 1.807) is 6.07 Å². The van der Waals surface area contributed by atoms with E-state index in [0.717, 1.165) is 0 Å². The molecule has 2 rings (SSSR count). The van der Waals surface area contributed by atoms with Crippen LogP contribution in [0.1, 0.15) is 17.1 Å². The number of nitriles is 3. The van der Waals surface area contributed by atoms with Crippen LogP contribution < -0.4 is 0 Å². The number of pyridine rings is 1. The molecular weight excluding hydrogens is 296 g/mol. The smallest absolute Gasteiger partial charge is 0.177 e. The van der Waals surface area contributed by atoms with Crippen molar-refractivity contribution in [1.29, 1.82) is 15.8 Å². The summed E-state index contributed by atoms with van der Waals surface area (Å²) in [6.07, 6.45) is 2.80. The van der Waals surface area contributed by atoms with E-state index in [2.05, 4.69) is 25.9 Å². The lowest BCUT2D eigenvalue weighted by atomic mass is 10.3. The van der Waals surface area contributed by atoms with Crippen molar-refractivity contribution in [1.82, 2.24) is 14.5 Å². The van der Waals surface area contributed by atoms with Gasteiger partial charge in [-0.3, -0.25) is 4.57 Å². The van der Waals surface area contributed by atoms with Crippen molar-refractivity contribution in [2.24, 2.45) is 0 Å². The Kier molecular flexibility index (Phi) is 3.05. The van der Waals surface area contributed by atoms with Crippen LogP contribution in [0.25, 0.3) is 5.69 Å². The van der Waals surface area contributed by atoms with Crippen molar-refractivity contribution >= 4 is 15.9 Å². The molecule has 0 aliphatic carbocycles. The highest BCUT2D eigenvalue weighted by Crippen LogP contribution is 2.20. The monoisotopic (exact) mass is 298 g/mol. The highest BCUT2D eigenvalue weighted by Gasteiger charge is 2.15. The third-order valence-electron chi connectivity index (χ3n) is 2.18. The third-order valence-corrected chi connectivity index (χ3v) is 2.61. The molecule has 2 heterocycles. The highest BCUT2D eigenvalue weighted by molar-refractivity contribution is 9.10. The Hall–Kier alpha value is -2.69. The maximum absolute atomic E-state index is 9.04. The van der Waals surface area contributed by atoms with Crippen LogP contribution in [0.2, 0.25) is 0 Å². The van der Waals surface area contributed by atoms with Crippen LogP contribution in [0.3, 0.4) is 0 Å². The molecule has 0 aliphatic rings. The number of hydrogen-bond acceptors (Lipinski definition) is 5. The molecule has 0 radical (unpaired) electrons. The van der Waals surface area contributed by atoms with Gasteiger partial charge in [-0.15, -0.1) is 0 Å². The number of hydrogen-bond donors (Lipinski definition) is 0. The molecule has 7 heteroatoms. The largest absolute Gasteiger partial charge is 0.286 e. The predicted molar refractivity (Wildman–Crippen MR) is 63.2 cm³/mol. The van der Waals surface area contributed by atoms with Crippen LogP contribution in [0.15, 0.2) is 23.1 Å². The van der Waals surface area contributed by atoms with E-state index in [1.807, 2.05) is 18.2 Å². The Labute approximate surface area is 110 Å². The van der Waals surface area contributed by atoms with E-state index in [0.29, 0.717) is 10.2 Å². The molecule has 0 atom stereocenters. The number of imidazole rings is 1. The molecule has 0 amide bonds. The van der Waals surface area contributed by atoms with Crippen molar-refractivity contribution in [3.8, 4) is 23.9 Å². The zero-order valence-corrected chi connectivity index (χ0v) is 10.4. The molecule has 0 aliphatic heterocycles. The average molecular weight is 299 g/mol. The van der Waals surface area contributed by atoms with Gasteiger partial charge in [0.1, 0.15) is 24.5 Å². The van der Waals surface area contributed by atoms with Gasteiger partial charge < -0.3 is 0 Å². The van der Waals surface area contributed by atoms with E-state index in [9.17, 15) is 0 Å². The normalized spacial score (nSPS) is 9.22. The number of rotatable bonds is 1. The molecule has 0 spiro atoms. The molecule has 2 aromatic heterocycles. The Morgan fingerprint density at radius 3 is 2.39 bits per heavy atom. The molecule has 0 saturated heterocycles. The fraction of sp³-hybridized carbons (Fsp3) is 0. The summed E-state index contributed by atoms with van der Waals surface area (Å²) in [4.78, 5) is 7.75. The zero-order chi connectivity index (χ0) is 13.1. The minimum absolute atomic E-state index is 0.0152. The van der Waals surface area contributed by atoms with Crippen LogP contribution in [-0.4, -0.2) is 14.5 Å². The summed E-state index contributed by atoms with van der Waals surface area (Å²) in [6, 6.07) is 7.27. The van der Waals surface area contributed by atoms with Gasteiger partial charge in [0.25, 0.3) is 0 Å². The Bertz CT molecular complexity index is 740. The lowest BCUT2D eigenvalue weighted by Gasteiger charge is -2.05. The first-order valence-corrected chi connectivity index (χ1v) is 5.44. The van der Waals surface area contributed by atoms with E-state index < -0.39 is 0 Å². The van der Waals surface area contributed by atoms with Crippen LogP contribution >= 0.6 is 15.9 Å². The minimum atomic E-state index is 0.0152. The average Bonchev–Trinajstić information content (AvgIpc) is 2.81. The molecule has 0 bridgehead atoms. The van der Waals surface area contributed by atoms with E-state index in [1.165, 1.54) is 17.1 Å². The quantitative estimate of drug-likeness (QED) is 0.796. The van der Waals surface area contributed by atoms with Gasteiger partial charge in [-0.05, 0) is 22.0 Å². The van der Waals surface area contributed by atoms with E-state index in [-0.39, 0.29) is 17.1 Å². The van der Waals surface area contributed by atoms with Crippen molar-refractivity contribution < 1.29 is 0 Å². The van der Waals surface area contributed by atoms with Crippen molar-refractivity contribution in [2.45, 2.75) is 0 Å². The molecule has 0 unspecified atom stereocenters. The maximum Gasteiger partial charge on any atom is 0.177 e. The fourth-order valence-corrected chi connectivity index (χ4v) is 1.74. The van der Waals surface area contributed by atoms with Gasteiger partial charge in [0.05, 0.1) is 5.69 Å². The molecule has 0 N–H and O–H groups in total. The summed E-state index contributed by atoms with van der Waals surface area (Å²) in [5.41, 5.74) is 0.643. The second kappa shape index (κ2) is 4.67. The predicted octanol–water partition coefficient (Wildman–Crippen LogP) is 1.64. The molecule has 2 aromatic rings. The number of halogens is 1. The van der Waals surface area contributed by atoms with Gasteiger partial charge in [-0.2, -0.15) is 15.8 Å². The van der Waals surface area contributed by atoms with Crippen molar-refractivity contribution in [3.05, 3.63) is 40.1 Å². The molecular formula is C11H3BrN6. The fourth-order valence-electron chi connectivity index (χ4n) is 1.42. The molecule has 84 valence electrons. The second-order valence-corrected chi connectivity index (χ2v) is 4.08. The van der Waals surface area contributed by atoms with Crippen molar-refractivity contribution in [2.75, 3.05) is 0 Å². The van der Waals surface area contributed by atoms with Gasteiger partial charge >= 0.3 is 0 Å². The van der Waals surface area contributed by atoms with Crippen molar-refractivity contribution in [3.63, 3.8) is 0 Å². The van der Waals surface area contributed by atoms with Crippen LogP contribution in [0, 0.1) is 34.0 Å². The topological polar surface area (TPSA) is 102 Å². The Morgan fingerprint density at radius 1 is 1.06 bits per heavy atom. The highest BCUT2D eigenvalue weighted by atomic mass is 79.9. The zero-order valence-electron chi connectivity index (χ0n) is 8.79. The van der Waals surface area contributed by atoms with Crippen LogP contribution in [0.4, 0.5) is 0 Å². The first-order chi connectivity index (χ1) is 8.71. The maximum atomic E-state index is 9.04. The standard InChI is InChI=1S/C11H3BrN6/c12-7-1-10(8(2-13)16-5-7)18-6-17-9(3-14)11(18)4-15/h1,5-6H. The Morgan fingerprint density at radius 2 is 1.78 bits per heavy atom. The summed E-state index contributed by atoms with van der Waals surface area (Å²) in [5.74, 6) is 0. The first kappa shape index (κ1) is 11.8. The summed E-state index contributed by atoms with van der Waals surface area (Å²) < 4.78 is 2.03. The molecule has 6 nitrogen and oxygen atoms in total. The lowest BCUT2D eigenvalue weighted by molar-refractivity contribution is 1.00. The lowest BCUT2D eigenvalue weighted by Crippen LogP contribution is -2.01. The second-order valence-electron chi connectivity index (χ2n) is 3.17. The van der Waals surface area contributed by atoms with E-state index in [4.69, 9.17) is 15.8 Å². The van der Waals surface area contributed by atoms with Crippen LogP contribution in [-0.2, 0) is 0 Å². The minimum Gasteiger partial charge on any atom is -0.286 e. The van der Waals surface area contributed by atoms with Gasteiger partial charge in [0.2, 0.25) is 0 Å². The summed E-state index contributed by atoms with van der Waals surface area (Å²) in [6.45, 7) is 0. The van der Waals surface area contributed by atoms with Gasteiger partial charge in [-0.25, -0.2) is 9.97 Å². The summed E-state index contributed by atoms with van der Waals surface area (Å²) >= 11 is 3.24. The summed E-state index contributed by atoms with van der Waals surface area (Å²) in [5, 5.41) is 26.8. The first-order valence-electron chi connectivity index (χ1n) is 4.64. The number of nitrogens with zero attached hydrogens (tertiary/aromatic N) is 6. The molecule has 0 fully saturated rings. The molecule has 0 aromatic carbocycles. The van der Waals surface area contributed by atoms with Gasteiger partial charge in [-0.1, -0.05) is 0 Å². The van der Waals surface area contributed by atoms with E-state index >= 15 is 0 Å². The van der Waals surface area contributed by atoms with Crippen LogP contribution in [0.5, 0.6) is 0 Å². The molecule has 0 saturated carbocycles. The third kappa shape index (κ3) is 1.82. The number of aromatic nitrogens is 3. The van der Waals surface area contributed by atoms with Gasteiger partial charge in [0, 0.05) is 10.7 Å². The Balaban J connectivity index is 2.75.